The van der Waals surface area contributed by atoms with Crippen molar-refractivity contribution in [3.8, 4) is 0 Å². The molecule has 0 atom stereocenters. The van der Waals surface area contributed by atoms with Gasteiger partial charge in [-0.15, -0.1) is 10.2 Å². The zero-order chi connectivity index (χ0) is 14.8. The summed E-state index contributed by atoms with van der Waals surface area (Å²) in [5.41, 5.74) is 6.01. The Kier molecular flexibility index (Phi) is 4.67. The Morgan fingerprint density at radius 3 is 2.86 bits per heavy atom. The van der Waals surface area contributed by atoms with E-state index in [1.165, 1.54) is 4.68 Å². The lowest BCUT2D eigenvalue weighted by atomic mass is 10.1. The maximum absolute atomic E-state index is 5.84. The molecule has 0 bridgehead atoms. The summed E-state index contributed by atoms with van der Waals surface area (Å²) in [4.78, 5) is 3.32. The molecule has 3 aromatic rings. The van der Waals surface area contributed by atoms with E-state index in [-0.39, 0.29) is 12.4 Å². The van der Waals surface area contributed by atoms with E-state index >= 15 is 0 Å². The summed E-state index contributed by atoms with van der Waals surface area (Å²) in [6, 6.07) is 8.10. The van der Waals surface area contributed by atoms with Crippen LogP contribution in [0.3, 0.4) is 0 Å². The van der Waals surface area contributed by atoms with Crippen LogP contribution in [0, 0.1) is 6.92 Å². The number of fused-ring (bicyclic) bond motifs is 1. The highest BCUT2D eigenvalue weighted by Crippen LogP contribution is 2.19. The number of anilines is 1. The topological polar surface area (TPSA) is 96.9 Å². The lowest BCUT2D eigenvalue weighted by Crippen LogP contribution is -3.00. The number of rotatable bonds is 4. The molecule has 4 N–H and O–H groups in total. The first kappa shape index (κ1) is 15.8. The van der Waals surface area contributed by atoms with E-state index in [1.807, 2.05) is 32.0 Å². The van der Waals surface area contributed by atoms with E-state index in [2.05, 4.69) is 31.8 Å². The number of halogens is 1. The molecule has 0 aliphatic heterocycles. The molecule has 0 spiro atoms. The number of nitrogens with zero attached hydrogens (tertiary/aromatic N) is 4. The van der Waals surface area contributed by atoms with Crippen LogP contribution in [-0.2, 0) is 6.42 Å². The summed E-state index contributed by atoms with van der Waals surface area (Å²) in [6.07, 6.45) is 2.48. The first-order valence-corrected chi connectivity index (χ1v) is 6.76. The van der Waals surface area contributed by atoms with Crippen molar-refractivity contribution in [2.45, 2.75) is 20.3 Å². The Hall–Kier alpha value is -2.54. The summed E-state index contributed by atoms with van der Waals surface area (Å²) in [5, 5.41) is 13.2. The molecule has 8 heteroatoms. The fourth-order valence-electron chi connectivity index (χ4n) is 2.26. The molecule has 2 aromatic heterocycles. The zero-order valence-electron chi connectivity index (χ0n) is 12.3. The first-order valence-electron chi connectivity index (χ1n) is 6.76. The minimum atomic E-state index is 0. The van der Waals surface area contributed by atoms with Gasteiger partial charge < -0.3 is 23.2 Å². The molecule has 2 heterocycles. The van der Waals surface area contributed by atoms with E-state index in [0.717, 1.165) is 28.6 Å². The van der Waals surface area contributed by atoms with Crippen LogP contribution < -0.4 is 23.7 Å². The van der Waals surface area contributed by atoms with Crippen LogP contribution in [-0.4, -0.2) is 26.1 Å². The third-order valence-electron chi connectivity index (χ3n) is 3.38. The fourth-order valence-corrected chi connectivity index (χ4v) is 2.26. The van der Waals surface area contributed by atoms with Crippen molar-refractivity contribution in [3.05, 3.63) is 41.3 Å². The van der Waals surface area contributed by atoms with Crippen molar-refractivity contribution in [2.24, 2.45) is 5.10 Å². The molecule has 7 nitrogen and oxygen atoms in total. The Balaban J connectivity index is 0.00000176. The molecule has 0 fully saturated rings. The second-order valence-corrected chi connectivity index (χ2v) is 4.74. The van der Waals surface area contributed by atoms with Gasteiger partial charge in [0, 0.05) is 28.6 Å². The molecule has 0 radical (unpaired) electrons. The van der Waals surface area contributed by atoms with Gasteiger partial charge in [0.2, 0.25) is 0 Å². The number of aryl methyl sites for hydroxylation is 2. The van der Waals surface area contributed by atoms with Crippen molar-refractivity contribution in [2.75, 3.05) is 11.3 Å². The number of aromatic nitrogens is 4. The normalized spacial score (nSPS) is 11.0. The Morgan fingerprint density at radius 2 is 2.14 bits per heavy atom. The SMILES string of the molecule is CCc1nnc(NN=Cc2c(C)[nH]c3ccccc23)n1N.[Cl-]. The summed E-state index contributed by atoms with van der Waals surface area (Å²) in [5.74, 6) is 6.96. The number of H-pyrrole nitrogens is 1. The zero-order valence-corrected chi connectivity index (χ0v) is 13.1. The predicted octanol–water partition coefficient (Wildman–Crippen LogP) is -1.21. The van der Waals surface area contributed by atoms with Crippen molar-refractivity contribution >= 4 is 23.1 Å². The van der Waals surface area contributed by atoms with Gasteiger partial charge in [0.05, 0.1) is 6.21 Å². The van der Waals surface area contributed by atoms with Gasteiger partial charge in [-0.2, -0.15) is 5.10 Å². The highest BCUT2D eigenvalue weighted by Gasteiger charge is 2.07. The Labute approximate surface area is 134 Å². The van der Waals surface area contributed by atoms with Gasteiger partial charge >= 0.3 is 0 Å². The number of aromatic amines is 1. The largest absolute Gasteiger partial charge is 1.00 e. The molecule has 0 amide bonds. The number of nitrogens with two attached hydrogens (primary N) is 1. The highest BCUT2D eigenvalue weighted by atomic mass is 35.5. The van der Waals surface area contributed by atoms with Crippen LogP contribution in [0.15, 0.2) is 29.4 Å². The number of benzene rings is 1. The molecule has 22 heavy (non-hydrogen) atoms. The number of hydrogen-bond acceptors (Lipinski definition) is 5. The van der Waals surface area contributed by atoms with Gasteiger partial charge in [0.25, 0.3) is 5.95 Å². The molecule has 0 aliphatic carbocycles. The van der Waals surface area contributed by atoms with Crippen LogP contribution in [0.4, 0.5) is 5.95 Å². The minimum Gasteiger partial charge on any atom is -1.00 e. The van der Waals surface area contributed by atoms with Crippen molar-refractivity contribution in [3.63, 3.8) is 0 Å². The van der Waals surface area contributed by atoms with Gasteiger partial charge in [-0.1, -0.05) is 25.1 Å². The third kappa shape index (κ3) is 2.75. The van der Waals surface area contributed by atoms with Gasteiger partial charge in [0.1, 0.15) is 0 Å². The van der Waals surface area contributed by atoms with Crippen LogP contribution in [0.2, 0.25) is 0 Å². The second-order valence-electron chi connectivity index (χ2n) is 4.74. The number of nitrogen functional groups attached to an aromatic ring is 1. The van der Waals surface area contributed by atoms with E-state index in [0.29, 0.717) is 11.8 Å². The molecule has 1 aromatic carbocycles. The minimum absolute atomic E-state index is 0. The number of nitrogens with one attached hydrogen (secondary N) is 2. The van der Waals surface area contributed by atoms with Gasteiger partial charge in [0.15, 0.2) is 5.82 Å². The van der Waals surface area contributed by atoms with Crippen molar-refractivity contribution in [1.82, 2.24) is 19.9 Å². The molecule has 0 saturated heterocycles. The average Bonchev–Trinajstić information content (AvgIpc) is 3.00. The van der Waals surface area contributed by atoms with Crippen molar-refractivity contribution in [1.29, 1.82) is 0 Å². The van der Waals surface area contributed by atoms with Gasteiger partial charge in [-0.25, -0.2) is 10.1 Å². The van der Waals surface area contributed by atoms with Crippen molar-refractivity contribution < 1.29 is 12.4 Å². The van der Waals surface area contributed by atoms with Gasteiger partial charge in [-0.05, 0) is 13.0 Å². The second kappa shape index (κ2) is 6.48. The van der Waals surface area contributed by atoms with Crippen LogP contribution in [0.1, 0.15) is 24.0 Å². The first-order chi connectivity index (χ1) is 10.2. The van der Waals surface area contributed by atoms with E-state index in [4.69, 9.17) is 5.84 Å². The molecule has 0 aliphatic rings. The lowest BCUT2D eigenvalue weighted by Gasteiger charge is -2.00. The summed E-state index contributed by atoms with van der Waals surface area (Å²) in [6.45, 7) is 3.98. The smallest absolute Gasteiger partial charge is 0.263 e. The fraction of sp³-hybridized carbons (Fsp3) is 0.214. The Bertz CT molecular complexity index is 803. The number of hydrogen-bond donors (Lipinski definition) is 3. The maximum atomic E-state index is 5.84. The summed E-state index contributed by atoms with van der Waals surface area (Å²) in [7, 11) is 0. The third-order valence-corrected chi connectivity index (χ3v) is 3.38. The molecule has 0 unspecified atom stereocenters. The number of hydrazone groups is 1. The van der Waals surface area contributed by atoms with Crippen LogP contribution in [0.25, 0.3) is 10.9 Å². The summed E-state index contributed by atoms with van der Waals surface area (Å²) < 4.78 is 1.40. The quantitative estimate of drug-likeness (QED) is 0.320. The highest BCUT2D eigenvalue weighted by molar-refractivity contribution is 6.00. The molecule has 0 saturated carbocycles. The maximum Gasteiger partial charge on any atom is 0.263 e. The molecular formula is C14H17ClN7-. The monoisotopic (exact) mass is 318 g/mol. The van der Waals surface area contributed by atoms with Gasteiger partial charge in [-0.3, -0.25) is 0 Å². The molecule has 116 valence electrons. The molecular weight excluding hydrogens is 302 g/mol. The summed E-state index contributed by atoms with van der Waals surface area (Å²) >= 11 is 0. The predicted molar refractivity (Wildman–Crippen MR) is 83.8 cm³/mol. The standard InChI is InChI=1S/C14H17N7.ClH/c1-3-13-18-20-14(21(13)15)19-16-8-11-9(2)17-12-7-5-4-6-10(11)12;/h4-8,17H,3,15H2,1-2H3,(H,19,20);1H/p-1. The lowest BCUT2D eigenvalue weighted by molar-refractivity contribution is -0.00000457. The molecule has 3 rings (SSSR count). The van der Waals surface area contributed by atoms with E-state index in [9.17, 15) is 0 Å². The van der Waals surface area contributed by atoms with E-state index < -0.39 is 0 Å². The number of para-hydroxylation sites is 1. The Morgan fingerprint density at radius 1 is 1.36 bits per heavy atom. The van der Waals surface area contributed by atoms with E-state index in [1.54, 1.807) is 6.21 Å². The van der Waals surface area contributed by atoms with Crippen LogP contribution in [0.5, 0.6) is 0 Å². The van der Waals surface area contributed by atoms with Crippen LogP contribution >= 0.6 is 0 Å². The average molecular weight is 319 g/mol.